The molecule has 2 aromatic carbocycles. The van der Waals surface area contributed by atoms with Crippen LogP contribution < -0.4 is 10.1 Å². The normalized spacial score (nSPS) is 10.3. The number of nitrogens with one attached hydrogen (secondary N) is 1. The number of anilines is 1. The molecule has 3 rings (SSSR count). The Morgan fingerprint density at radius 1 is 0.957 bits per heavy atom. The smallest absolute Gasteiger partial charge is 0.119 e. The number of pyridine rings is 1. The summed E-state index contributed by atoms with van der Waals surface area (Å²) < 4.78 is 5.68. The van der Waals surface area contributed by atoms with Gasteiger partial charge in [-0.2, -0.15) is 0 Å². The van der Waals surface area contributed by atoms with Crippen molar-refractivity contribution in [3.63, 3.8) is 0 Å². The highest BCUT2D eigenvalue weighted by molar-refractivity contribution is 5.69. The van der Waals surface area contributed by atoms with Crippen molar-refractivity contribution in [3.8, 4) is 16.9 Å². The molecule has 0 atom stereocenters. The first kappa shape index (κ1) is 15.1. The number of aryl methyl sites for hydroxylation is 1. The summed E-state index contributed by atoms with van der Waals surface area (Å²) in [6.45, 7) is 3.53. The summed E-state index contributed by atoms with van der Waals surface area (Å²) in [5, 5.41) is 3.40. The van der Waals surface area contributed by atoms with Crippen LogP contribution in [0.15, 0.2) is 73.1 Å². The molecule has 0 radical (unpaired) electrons. The van der Waals surface area contributed by atoms with E-state index in [9.17, 15) is 0 Å². The van der Waals surface area contributed by atoms with E-state index in [4.69, 9.17) is 4.74 Å². The molecule has 0 saturated heterocycles. The molecule has 0 aliphatic heterocycles. The van der Waals surface area contributed by atoms with Gasteiger partial charge in [-0.05, 0) is 60.0 Å². The van der Waals surface area contributed by atoms with E-state index in [1.165, 1.54) is 16.7 Å². The molecule has 0 bridgehead atoms. The van der Waals surface area contributed by atoms with E-state index in [2.05, 4.69) is 35.4 Å². The standard InChI is InChI=1S/C20H20N2O/c1-16-15-18(7-8-20(16)17-9-11-21-12-10-17)22-13-14-23-19-5-3-2-4-6-19/h2-12,15,22H,13-14H2,1H3. The van der Waals surface area contributed by atoms with Gasteiger partial charge in [-0.15, -0.1) is 0 Å². The second-order valence-corrected chi connectivity index (χ2v) is 5.35. The van der Waals surface area contributed by atoms with Gasteiger partial charge in [-0.1, -0.05) is 24.3 Å². The maximum absolute atomic E-state index is 5.68. The fourth-order valence-electron chi connectivity index (χ4n) is 2.51. The minimum absolute atomic E-state index is 0.634. The van der Waals surface area contributed by atoms with Crippen LogP contribution in [0.5, 0.6) is 5.75 Å². The number of ether oxygens (including phenoxy) is 1. The molecule has 116 valence electrons. The molecule has 0 saturated carbocycles. The molecular weight excluding hydrogens is 284 g/mol. The van der Waals surface area contributed by atoms with Gasteiger partial charge in [0.1, 0.15) is 12.4 Å². The zero-order valence-electron chi connectivity index (χ0n) is 13.2. The first-order valence-corrected chi connectivity index (χ1v) is 7.76. The lowest BCUT2D eigenvalue weighted by Gasteiger charge is -2.11. The summed E-state index contributed by atoms with van der Waals surface area (Å²) in [5.74, 6) is 0.901. The van der Waals surface area contributed by atoms with Gasteiger partial charge >= 0.3 is 0 Å². The summed E-state index contributed by atoms with van der Waals surface area (Å²) in [6.07, 6.45) is 3.64. The summed E-state index contributed by atoms with van der Waals surface area (Å²) in [6, 6.07) is 20.3. The highest BCUT2D eigenvalue weighted by atomic mass is 16.5. The average Bonchev–Trinajstić information content (AvgIpc) is 2.60. The fraction of sp³-hybridized carbons (Fsp3) is 0.150. The molecule has 0 amide bonds. The lowest BCUT2D eigenvalue weighted by atomic mass is 10.0. The van der Waals surface area contributed by atoms with Gasteiger partial charge in [0.05, 0.1) is 0 Å². The van der Waals surface area contributed by atoms with Crippen LogP contribution in [0.1, 0.15) is 5.56 Å². The number of rotatable bonds is 6. The van der Waals surface area contributed by atoms with Gasteiger partial charge in [0, 0.05) is 24.6 Å². The van der Waals surface area contributed by atoms with Crippen molar-refractivity contribution < 1.29 is 4.74 Å². The Balaban J connectivity index is 1.56. The summed E-state index contributed by atoms with van der Waals surface area (Å²) in [4.78, 5) is 4.07. The quantitative estimate of drug-likeness (QED) is 0.678. The van der Waals surface area contributed by atoms with E-state index >= 15 is 0 Å². The van der Waals surface area contributed by atoms with Crippen molar-refractivity contribution in [1.82, 2.24) is 4.98 Å². The van der Waals surface area contributed by atoms with Crippen LogP contribution in [0.2, 0.25) is 0 Å². The Labute approximate surface area is 137 Å². The number of para-hydroxylation sites is 1. The minimum atomic E-state index is 0.634. The number of benzene rings is 2. The number of hydrogen-bond donors (Lipinski definition) is 1. The van der Waals surface area contributed by atoms with Gasteiger partial charge in [0.25, 0.3) is 0 Å². The molecule has 0 aliphatic rings. The number of hydrogen-bond acceptors (Lipinski definition) is 3. The predicted octanol–water partition coefficient (Wildman–Crippen LogP) is 4.55. The van der Waals surface area contributed by atoms with Gasteiger partial charge in [-0.25, -0.2) is 0 Å². The van der Waals surface area contributed by atoms with Crippen molar-refractivity contribution in [2.24, 2.45) is 0 Å². The van der Waals surface area contributed by atoms with Crippen molar-refractivity contribution in [1.29, 1.82) is 0 Å². The molecule has 23 heavy (non-hydrogen) atoms. The zero-order chi connectivity index (χ0) is 15.9. The second kappa shape index (κ2) is 7.45. The third-order valence-corrected chi connectivity index (χ3v) is 3.66. The van der Waals surface area contributed by atoms with E-state index in [1.54, 1.807) is 0 Å². The number of aromatic nitrogens is 1. The molecule has 0 spiro atoms. The maximum atomic E-state index is 5.68. The number of nitrogens with zero attached hydrogens (tertiary/aromatic N) is 1. The van der Waals surface area contributed by atoms with Crippen LogP contribution in [-0.4, -0.2) is 18.1 Å². The Bertz CT molecular complexity index is 742. The molecule has 1 heterocycles. The van der Waals surface area contributed by atoms with Crippen LogP contribution in [0.3, 0.4) is 0 Å². The molecule has 0 unspecified atom stereocenters. The van der Waals surface area contributed by atoms with Crippen molar-refractivity contribution in [2.45, 2.75) is 6.92 Å². The van der Waals surface area contributed by atoms with Crippen molar-refractivity contribution in [3.05, 3.63) is 78.6 Å². The third-order valence-electron chi connectivity index (χ3n) is 3.66. The average molecular weight is 304 g/mol. The van der Waals surface area contributed by atoms with Crippen LogP contribution >= 0.6 is 0 Å². The van der Waals surface area contributed by atoms with Gasteiger partial charge in [-0.3, -0.25) is 4.98 Å². The largest absolute Gasteiger partial charge is 0.492 e. The molecule has 1 aromatic heterocycles. The van der Waals surface area contributed by atoms with E-state index in [0.717, 1.165) is 18.0 Å². The van der Waals surface area contributed by atoms with Crippen LogP contribution in [0.25, 0.3) is 11.1 Å². The molecule has 0 fully saturated rings. The highest BCUT2D eigenvalue weighted by Gasteiger charge is 2.02. The van der Waals surface area contributed by atoms with E-state index in [1.807, 2.05) is 54.9 Å². The van der Waals surface area contributed by atoms with E-state index < -0.39 is 0 Å². The van der Waals surface area contributed by atoms with Crippen LogP contribution in [0, 0.1) is 6.92 Å². The predicted molar refractivity (Wildman–Crippen MR) is 94.8 cm³/mol. The third kappa shape index (κ3) is 4.10. The fourth-order valence-corrected chi connectivity index (χ4v) is 2.51. The first-order chi connectivity index (χ1) is 11.3. The van der Waals surface area contributed by atoms with Crippen molar-refractivity contribution >= 4 is 5.69 Å². The minimum Gasteiger partial charge on any atom is -0.492 e. The SMILES string of the molecule is Cc1cc(NCCOc2ccccc2)ccc1-c1ccncc1. The molecule has 0 aliphatic carbocycles. The summed E-state index contributed by atoms with van der Waals surface area (Å²) >= 11 is 0. The van der Waals surface area contributed by atoms with Gasteiger partial charge in [0.15, 0.2) is 0 Å². The van der Waals surface area contributed by atoms with Crippen LogP contribution in [-0.2, 0) is 0 Å². The van der Waals surface area contributed by atoms with Gasteiger partial charge < -0.3 is 10.1 Å². The molecule has 3 heteroatoms. The summed E-state index contributed by atoms with van der Waals surface area (Å²) in [7, 11) is 0. The van der Waals surface area contributed by atoms with Gasteiger partial charge in [0.2, 0.25) is 0 Å². The monoisotopic (exact) mass is 304 g/mol. The van der Waals surface area contributed by atoms with E-state index in [-0.39, 0.29) is 0 Å². The topological polar surface area (TPSA) is 34.1 Å². The Hall–Kier alpha value is -2.81. The Morgan fingerprint density at radius 2 is 1.74 bits per heavy atom. The first-order valence-electron chi connectivity index (χ1n) is 7.76. The molecular formula is C20H20N2O. The van der Waals surface area contributed by atoms with Crippen LogP contribution in [0.4, 0.5) is 5.69 Å². The molecule has 3 nitrogen and oxygen atoms in total. The van der Waals surface area contributed by atoms with Crippen molar-refractivity contribution in [2.75, 3.05) is 18.5 Å². The maximum Gasteiger partial charge on any atom is 0.119 e. The Morgan fingerprint density at radius 3 is 2.48 bits per heavy atom. The highest BCUT2D eigenvalue weighted by Crippen LogP contribution is 2.25. The summed E-state index contributed by atoms with van der Waals surface area (Å²) in [5.41, 5.74) is 4.78. The lowest BCUT2D eigenvalue weighted by Crippen LogP contribution is -2.11. The zero-order valence-corrected chi connectivity index (χ0v) is 13.2. The molecule has 3 aromatic rings. The lowest BCUT2D eigenvalue weighted by molar-refractivity contribution is 0.333. The Kier molecular flexibility index (Phi) is 4.89. The van der Waals surface area contributed by atoms with E-state index in [0.29, 0.717) is 6.61 Å². The second-order valence-electron chi connectivity index (χ2n) is 5.35. The molecule has 1 N–H and O–H groups in total.